The second kappa shape index (κ2) is 7.27. The maximum absolute atomic E-state index is 12.4. The first-order valence-corrected chi connectivity index (χ1v) is 8.77. The molecule has 0 radical (unpaired) electrons. The lowest BCUT2D eigenvalue weighted by Crippen LogP contribution is -2.36. The fourth-order valence-corrected chi connectivity index (χ4v) is 3.12. The Morgan fingerprint density at radius 1 is 1.40 bits per heavy atom. The molecule has 1 aromatic carbocycles. The maximum Gasteiger partial charge on any atom is 0.255 e. The monoisotopic (exact) mass is 343 g/mol. The smallest absolute Gasteiger partial charge is 0.255 e. The van der Waals surface area contributed by atoms with Crippen molar-refractivity contribution in [1.29, 1.82) is 0 Å². The number of rotatable bonds is 5. The molecule has 1 aliphatic rings. The number of benzene rings is 1. The van der Waals surface area contributed by atoms with E-state index < -0.39 is 0 Å². The third kappa shape index (κ3) is 3.69. The van der Waals surface area contributed by atoms with Crippen LogP contribution in [0.2, 0.25) is 0 Å². The Morgan fingerprint density at radius 3 is 2.92 bits per heavy atom. The van der Waals surface area contributed by atoms with E-state index in [2.05, 4.69) is 14.9 Å². The standard InChI is InChI=1S/C19H25N3O3/c1-4-25-16-7-5-6-13(17(16)23)10-22-9-8-15-14(11-22)19(24)21-18(20-15)12(2)3/h5-7,12,23H,4,8-11H2,1-3H3,(H,20,21,24). The zero-order valence-corrected chi connectivity index (χ0v) is 15.0. The zero-order valence-electron chi connectivity index (χ0n) is 15.0. The van der Waals surface area contributed by atoms with Gasteiger partial charge in [-0.3, -0.25) is 9.69 Å². The summed E-state index contributed by atoms with van der Waals surface area (Å²) in [5.41, 5.74) is 2.38. The van der Waals surface area contributed by atoms with E-state index in [4.69, 9.17) is 4.74 Å². The number of fused-ring (bicyclic) bond motifs is 1. The minimum absolute atomic E-state index is 0.0503. The van der Waals surface area contributed by atoms with Crippen LogP contribution < -0.4 is 10.3 Å². The van der Waals surface area contributed by atoms with Gasteiger partial charge in [-0.05, 0) is 13.0 Å². The molecule has 0 fully saturated rings. The molecule has 3 rings (SSSR count). The van der Waals surface area contributed by atoms with E-state index in [0.29, 0.717) is 25.4 Å². The molecule has 1 aliphatic heterocycles. The highest BCUT2D eigenvalue weighted by molar-refractivity contribution is 5.45. The Labute approximate surface area is 147 Å². The van der Waals surface area contributed by atoms with Gasteiger partial charge in [-0.2, -0.15) is 0 Å². The fraction of sp³-hybridized carbons (Fsp3) is 0.474. The average molecular weight is 343 g/mol. The lowest BCUT2D eigenvalue weighted by atomic mass is 10.0. The number of H-pyrrole nitrogens is 1. The molecule has 0 bridgehead atoms. The molecule has 0 saturated heterocycles. The minimum atomic E-state index is -0.0503. The third-order valence-electron chi connectivity index (χ3n) is 4.49. The quantitative estimate of drug-likeness (QED) is 0.872. The average Bonchev–Trinajstić information content (AvgIpc) is 2.59. The number of para-hydroxylation sites is 1. The second-order valence-corrected chi connectivity index (χ2v) is 6.69. The second-order valence-electron chi connectivity index (χ2n) is 6.69. The van der Waals surface area contributed by atoms with Gasteiger partial charge in [0.05, 0.1) is 17.9 Å². The summed E-state index contributed by atoms with van der Waals surface area (Å²) < 4.78 is 5.44. The molecule has 2 heterocycles. The van der Waals surface area contributed by atoms with Crippen LogP contribution in [0, 0.1) is 0 Å². The molecule has 0 aliphatic carbocycles. The molecule has 2 N–H and O–H groups in total. The summed E-state index contributed by atoms with van der Waals surface area (Å²) in [5.74, 6) is 1.63. The van der Waals surface area contributed by atoms with Crippen LogP contribution in [0.3, 0.4) is 0 Å². The summed E-state index contributed by atoms with van der Waals surface area (Å²) in [5, 5.41) is 10.4. The number of aromatic amines is 1. The molecule has 0 unspecified atom stereocenters. The number of phenolic OH excluding ortho intramolecular Hbond substituents is 1. The van der Waals surface area contributed by atoms with Gasteiger partial charge in [0.15, 0.2) is 11.5 Å². The Kier molecular flexibility index (Phi) is 5.08. The molecule has 2 aromatic rings. The summed E-state index contributed by atoms with van der Waals surface area (Å²) in [7, 11) is 0. The van der Waals surface area contributed by atoms with Gasteiger partial charge in [0.1, 0.15) is 5.82 Å². The van der Waals surface area contributed by atoms with Crippen LogP contribution in [0.4, 0.5) is 0 Å². The molecule has 0 saturated carbocycles. The number of hydrogen-bond donors (Lipinski definition) is 2. The van der Waals surface area contributed by atoms with Crippen molar-refractivity contribution < 1.29 is 9.84 Å². The maximum atomic E-state index is 12.4. The first-order valence-electron chi connectivity index (χ1n) is 8.77. The van der Waals surface area contributed by atoms with E-state index in [0.717, 1.165) is 35.6 Å². The van der Waals surface area contributed by atoms with Gasteiger partial charge >= 0.3 is 0 Å². The largest absolute Gasteiger partial charge is 0.504 e. The molecule has 1 aromatic heterocycles. The highest BCUT2D eigenvalue weighted by Crippen LogP contribution is 2.31. The van der Waals surface area contributed by atoms with E-state index in [1.807, 2.05) is 32.9 Å². The van der Waals surface area contributed by atoms with Gasteiger partial charge in [0.2, 0.25) is 0 Å². The number of phenols is 1. The van der Waals surface area contributed by atoms with E-state index in [1.54, 1.807) is 6.07 Å². The first kappa shape index (κ1) is 17.5. The van der Waals surface area contributed by atoms with E-state index in [-0.39, 0.29) is 17.2 Å². The number of hydrogen-bond acceptors (Lipinski definition) is 5. The number of aromatic nitrogens is 2. The Morgan fingerprint density at radius 2 is 2.20 bits per heavy atom. The van der Waals surface area contributed by atoms with Gasteiger partial charge in [-0.1, -0.05) is 26.0 Å². The minimum Gasteiger partial charge on any atom is -0.504 e. The number of nitrogens with zero attached hydrogens (tertiary/aromatic N) is 2. The lowest BCUT2D eigenvalue weighted by molar-refractivity contribution is 0.236. The molecule has 134 valence electrons. The van der Waals surface area contributed by atoms with Gasteiger partial charge in [0.25, 0.3) is 5.56 Å². The van der Waals surface area contributed by atoms with Crippen LogP contribution in [-0.4, -0.2) is 33.1 Å². The summed E-state index contributed by atoms with van der Waals surface area (Å²) in [6.45, 7) is 8.35. The van der Waals surface area contributed by atoms with E-state index in [9.17, 15) is 9.90 Å². The van der Waals surface area contributed by atoms with Crippen LogP contribution >= 0.6 is 0 Å². The first-order chi connectivity index (χ1) is 12.0. The van der Waals surface area contributed by atoms with Crippen molar-refractivity contribution in [2.45, 2.75) is 46.2 Å². The van der Waals surface area contributed by atoms with Crippen molar-refractivity contribution in [2.24, 2.45) is 0 Å². The van der Waals surface area contributed by atoms with Crippen LogP contribution in [0.5, 0.6) is 11.5 Å². The highest BCUT2D eigenvalue weighted by atomic mass is 16.5. The van der Waals surface area contributed by atoms with Gasteiger partial charge in [0, 0.05) is 37.5 Å². The van der Waals surface area contributed by atoms with Crippen LogP contribution in [0.1, 0.15) is 49.3 Å². The summed E-state index contributed by atoms with van der Waals surface area (Å²) in [6.07, 6.45) is 0.741. The van der Waals surface area contributed by atoms with Crippen LogP contribution in [0.25, 0.3) is 0 Å². The lowest BCUT2D eigenvalue weighted by Gasteiger charge is -2.28. The Bertz CT molecular complexity index is 814. The zero-order chi connectivity index (χ0) is 18.0. The Hall–Kier alpha value is -2.34. The van der Waals surface area contributed by atoms with Crippen molar-refractivity contribution in [1.82, 2.24) is 14.9 Å². The van der Waals surface area contributed by atoms with E-state index >= 15 is 0 Å². The van der Waals surface area contributed by atoms with Crippen molar-refractivity contribution in [2.75, 3.05) is 13.2 Å². The van der Waals surface area contributed by atoms with Crippen LogP contribution in [0.15, 0.2) is 23.0 Å². The predicted octanol–water partition coefficient (Wildman–Crippen LogP) is 2.56. The van der Waals surface area contributed by atoms with Crippen molar-refractivity contribution in [3.8, 4) is 11.5 Å². The number of nitrogens with one attached hydrogen (secondary N) is 1. The fourth-order valence-electron chi connectivity index (χ4n) is 3.12. The van der Waals surface area contributed by atoms with E-state index in [1.165, 1.54) is 0 Å². The van der Waals surface area contributed by atoms with Crippen molar-refractivity contribution in [3.05, 3.63) is 51.2 Å². The number of aromatic hydroxyl groups is 1. The molecule has 6 heteroatoms. The summed E-state index contributed by atoms with van der Waals surface area (Å²) in [6, 6.07) is 5.52. The summed E-state index contributed by atoms with van der Waals surface area (Å²) in [4.78, 5) is 22.1. The molecule has 6 nitrogen and oxygen atoms in total. The number of ether oxygens (including phenoxy) is 1. The third-order valence-corrected chi connectivity index (χ3v) is 4.49. The van der Waals surface area contributed by atoms with Gasteiger partial charge in [-0.15, -0.1) is 0 Å². The molecule has 25 heavy (non-hydrogen) atoms. The molecule has 0 spiro atoms. The van der Waals surface area contributed by atoms with Crippen molar-refractivity contribution in [3.63, 3.8) is 0 Å². The molecule has 0 atom stereocenters. The van der Waals surface area contributed by atoms with Crippen LogP contribution in [-0.2, 0) is 19.5 Å². The van der Waals surface area contributed by atoms with Gasteiger partial charge in [-0.25, -0.2) is 4.98 Å². The highest BCUT2D eigenvalue weighted by Gasteiger charge is 2.23. The van der Waals surface area contributed by atoms with Crippen molar-refractivity contribution >= 4 is 0 Å². The summed E-state index contributed by atoms with van der Waals surface area (Å²) >= 11 is 0. The molecular weight excluding hydrogens is 318 g/mol. The topological polar surface area (TPSA) is 78.5 Å². The molecular formula is C19H25N3O3. The van der Waals surface area contributed by atoms with Gasteiger partial charge < -0.3 is 14.8 Å². The Balaban J connectivity index is 1.80. The molecule has 0 amide bonds. The normalized spacial score (nSPS) is 14.6. The SMILES string of the molecule is CCOc1cccc(CN2CCc3nc(C(C)C)[nH]c(=O)c3C2)c1O. The predicted molar refractivity (Wildman–Crippen MR) is 96.0 cm³/mol.